The Balaban J connectivity index is 1.86. The summed E-state index contributed by atoms with van der Waals surface area (Å²) in [5, 5.41) is 23.1. The van der Waals surface area contributed by atoms with Crippen LogP contribution in [0.2, 0.25) is 5.02 Å². The molecule has 3 rings (SSSR count). The molecule has 1 amide bonds. The normalized spacial score (nSPS) is 10.9. The predicted molar refractivity (Wildman–Crippen MR) is 141 cm³/mol. The number of carbonyl (C=O) groups is 1. The van der Waals surface area contributed by atoms with Crippen LogP contribution >= 0.6 is 27.5 Å². The van der Waals surface area contributed by atoms with Crippen LogP contribution in [0, 0.1) is 28.4 Å². The molecule has 0 aliphatic heterocycles. The van der Waals surface area contributed by atoms with Gasteiger partial charge in [-0.2, -0.15) is 5.26 Å². The molecule has 0 bridgehead atoms. The molecule has 0 aliphatic rings. The Morgan fingerprint density at radius 3 is 2.64 bits per heavy atom. The molecule has 8 nitrogen and oxygen atoms in total. The number of halogens is 2. The van der Waals surface area contributed by atoms with E-state index < -0.39 is 10.8 Å². The second-order valence-corrected chi connectivity index (χ2v) is 8.79. The van der Waals surface area contributed by atoms with Gasteiger partial charge in [0.15, 0.2) is 11.5 Å². The Morgan fingerprint density at radius 2 is 1.97 bits per heavy atom. The molecule has 3 aromatic rings. The van der Waals surface area contributed by atoms with Crippen molar-refractivity contribution in [1.29, 1.82) is 5.26 Å². The number of nitriles is 1. The molecule has 0 saturated carbocycles. The van der Waals surface area contributed by atoms with E-state index in [1.807, 2.05) is 44.2 Å². The Kier molecular flexibility index (Phi) is 9.06. The van der Waals surface area contributed by atoms with Crippen LogP contribution in [0.25, 0.3) is 6.08 Å². The van der Waals surface area contributed by atoms with Crippen LogP contribution in [0.3, 0.4) is 0 Å². The second kappa shape index (κ2) is 12.2. The highest BCUT2D eigenvalue weighted by atomic mass is 79.9. The maximum absolute atomic E-state index is 12.7. The summed E-state index contributed by atoms with van der Waals surface area (Å²) < 4.78 is 12.4. The van der Waals surface area contributed by atoms with E-state index in [9.17, 15) is 20.2 Å². The lowest BCUT2D eigenvalue weighted by atomic mass is 10.1. The summed E-state index contributed by atoms with van der Waals surface area (Å²) in [6, 6.07) is 16.9. The molecular weight excluding hydrogens is 550 g/mol. The zero-order chi connectivity index (χ0) is 26.2. The number of hydrogen-bond donors (Lipinski definition) is 1. The number of nitrogens with one attached hydrogen (secondary N) is 1. The SMILES string of the molecule is CCOc1cc(/C=C(\C#N)C(=O)Nc2ccc(Cl)c([N+](=O)[O-])c2)cc(Br)c1OCc1ccccc1C. The molecule has 0 heterocycles. The molecule has 0 aliphatic carbocycles. The largest absolute Gasteiger partial charge is 0.490 e. The smallest absolute Gasteiger partial charge is 0.289 e. The van der Waals surface area contributed by atoms with Gasteiger partial charge in [-0.05, 0) is 76.8 Å². The van der Waals surface area contributed by atoms with Crippen LogP contribution in [0.1, 0.15) is 23.6 Å². The van der Waals surface area contributed by atoms with Crippen molar-refractivity contribution in [3.05, 3.63) is 96.5 Å². The number of aryl methyl sites for hydroxylation is 1. The van der Waals surface area contributed by atoms with E-state index in [0.717, 1.165) is 17.2 Å². The Morgan fingerprint density at radius 1 is 1.22 bits per heavy atom. The molecule has 0 atom stereocenters. The summed E-state index contributed by atoms with van der Waals surface area (Å²) in [5.74, 6) is 0.203. The van der Waals surface area contributed by atoms with E-state index in [2.05, 4.69) is 21.2 Å². The molecule has 0 unspecified atom stereocenters. The van der Waals surface area contributed by atoms with Gasteiger partial charge in [0.25, 0.3) is 11.6 Å². The van der Waals surface area contributed by atoms with Crippen molar-refractivity contribution in [3.8, 4) is 17.6 Å². The molecule has 0 radical (unpaired) electrons. The minimum atomic E-state index is -0.733. The Labute approximate surface area is 221 Å². The lowest BCUT2D eigenvalue weighted by molar-refractivity contribution is -0.384. The van der Waals surface area contributed by atoms with Crippen molar-refractivity contribution >= 4 is 50.9 Å². The van der Waals surface area contributed by atoms with Gasteiger partial charge in [0, 0.05) is 11.8 Å². The average Bonchev–Trinajstić information content (AvgIpc) is 2.84. The van der Waals surface area contributed by atoms with Crippen LogP contribution in [-0.2, 0) is 11.4 Å². The number of ether oxygens (including phenoxy) is 2. The second-order valence-electron chi connectivity index (χ2n) is 7.53. The number of nitro benzene ring substituents is 1. The Bertz CT molecular complexity index is 1380. The predicted octanol–water partition coefficient (Wildman–Crippen LogP) is 6.84. The van der Waals surface area contributed by atoms with Crippen molar-refractivity contribution in [2.75, 3.05) is 11.9 Å². The van der Waals surface area contributed by atoms with Crippen molar-refractivity contribution in [1.82, 2.24) is 0 Å². The van der Waals surface area contributed by atoms with Gasteiger partial charge in [0.05, 0.1) is 16.0 Å². The third-order valence-electron chi connectivity index (χ3n) is 5.04. The molecule has 0 aromatic heterocycles. The van der Waals surface area contributed by atoms with Gasteiger partial charge in [0.1, 0.15) is 23.3 Å². The minimum absolute atomic E-state index is 0.0629. The minimum Gasteiger partial charge on any atom is -0.490 e. The number of nitro groups is 1. The fourth-order valence-electron chi connectivity index (χ4n) is 3.24. The topological polar surface area (TPSA) is 114 Å². The molecular formula is C26H21BrClN3O5. The van der Waals surface area contributed by atoms with Crippen molar-refractivity contribution in [3.63, 3.8) is 0 Å². The van der Waals surface area contributed by atoms with E-state index in [4.69, 9.17) is 21.1 Å². The third-order valence-corrected chi connectivity index (χ3v) is 5.95. The van der Waals surface area contributed by atoms with Crippen LogP contribution in [-0.4, -0.2) is 17.4 Å². The highest BCUT2D eigenvalue weighted by molar-refractivity contribution is 9.10. The van der Waals surface area contributed by atoms with Crippen molar-refractivity contribution in [2.45, 2.75) is 20.5 Å². The lowest BCUT2D eigenvalue weighted by Gasteiger charge is -2.15. The van der Waals surface area contributed by atoms with Gasteiger partial charge in [-0.15, -0.1) is 0 Å². The van der Waals surface area contributed by atoms with E-state index in [-0.39, 0.29) is 22.0 Å². The molecule has 36 heavy (non-hydrogen) atoms. The summed E-state index contributed by atoms with van der Waals surface area (Å²) in [6.45, 7) is 4.55. The highest BCUT2D eigenvalue weighted by Gasteiger charge is 2.17. The Hall–Kier alpha value is -3.87. The highest BCUT2D eigenvalue weighted by Crippen LogP contribution is 2.38. The summed E-state index contributed by atoms with van der Waals surface area (Å²) in [7, 11) is 0. The first-order valence-corrected chi connectivity index (χ1v) is 11.9. The quantitative estimate of drug-likeness (QED) is 0.130. The number of benzene rings is 3. The van der Waals surface area contributed by atoms with Gasteiger partial charge in [-0.25, -0.2) is 0 Å². The number of hydrogen-bond acceptors (Lipinski definition) is 6. The number of amides is 1. The zero-order valence-corrected chi connectivity index (χ0v) is 21.7. The molecule has 0 spiro atoms. The van der Waals surface area contributed by atoms with Crippen molar-refractivity contribution in [2.24, 2.45) is 0 Å². The number of rotatable bonds is 9. The van der Waals surface area contributed by atoms with Gasteiger partial charge < -0.3 is 14.8 Å². The van der Waals surface area contributed by atoms with Gasteiger partial charge in [0.2, 0.25) is 0 Å². The summed E-state index contributed by atoms with van der Waals surface area (Å²) >= 11 is 9.31. The zero-order valence-electron chi connectivity index (χ0n) is 19.4. The maximum Gasteiger partial charge on any atom is 0.289 e. The summed E-state index contributed by atoms with van der Waals surface area (Å²) in [5.41, 5.74) is 2.21. The first kappa shape index (κ1) is 26.7. The fourth-order valence-corrected chi connectivity index (χ4v) is 4.00. The van der Waals surface area contributed by atoms with Crippen LogP contribution in [0.4, 0.5) is 11.4 Å². The van der Waals surface area contributed by atoms with Crippen molar-refractivity contribution < 1.29 is 19.2 Å². The van der Waals surface area contributed by atoms with Crippen LogP contribution in [0.15, 0.2) is 64.6 Å². The van der Waals surface area contributed by atoms with Crippen LogP contribution in [0.5, 0.6) is 11.5 Å². The van der Waals surface area contributed by atoms with E-state index >= 15 is 0 Å². The molecule has 1 N–H and O–H groups in total. The summed E-state index contributed by atoms with van der Waals surface area (Å²) in [6.07, 6.45) is 1.39. The average molecular weight is 571 g/mol. The first-order chi connectivity index (χ1) is 17.2. The van der Waals surface area contributed by atoms with Gasteiger partial charge in [-0.1, -0.05) is 35.9 Å². The molecule has 0 fully saturated rings. The molecule has 184 valence electrons. The first-order valence-electron chi connectivity index (χ1n) is 10.7. The van der Waals surface area contributed by atoms with Crippen LogP contribution < -0.4 is 14.8 Å². The summed E-state index contributed by atoms with van der Waals surface area (Å²) in [4.78, 5) is 23.1. The number of anilines is 1. The van der Waals surface area contributed by atoms with Gasteiger partial charge >= 0.3 is 0 Å². The molecule has 3 aromatic carbocycles. The lowest BCUT2D eigenvalue weighted by Crippen LogP contribution is -2.13. The maximum atomic E-state index is 12.7. The van der Waals surface area contributed by atoms with E-state index in [1.165, 1.54) is 18.2 Å². The fraction of sp³-hybridized carbons (Fsp3) is 0.154. The monoisotopic (exact) mass is 569 g/mol. The number of nitrogens with zero attached hydrogens (tertiary/aromatic N) is 2. The standard InChI is InChI=1S/C26H21BrClN3O5/c1-3-35-24-12-17(11-21(27)25(24)36-15-18-7-5-4-6-16(18)2)10-19(14-29)26(32)30-20-8-9-22(28)23(13-20)31(33)34/h4-13H,3,15H2,1-2H3,(H,30,32)/b19-10+. The van der Waals surface area contributed by atoms with E-state index in [1.54, 1.807) is 12.1 Å². The molecule has 10 heteroatoms. The van der Waals surface area contributed by atoms with Gasteiger partial charge in [-0.3, -0.25) is 14.9 Å². The third kappa shape index (κ3) is 6.62. The number of carbonyl (C=O) groups excluding carboxylic acids is 1. The van der Waals surface area contributed by atoms with E-state index in [0.29, 0.717) is 34.7 Å². The molecule has 0 saturated heterocycles.